The summed E-state index contributed by atoms with van der Waals surface area (Å²) in [5.74, 6) is -0.593. The maximum atomic E-state index is 12.1. The Balaban J connectivity index is 1.86. The van der Waals surface area contributed by atoms with Gasteiger partial charge in [-0.1, -0.05) is 6.92 Å². The predicted octanol–water partition coefficient (Wildman–Crippen LogP) is 0.461. The van der Waals surface area contributed by atoms with Crippen LogP contribution in [0.3, 0.4) is 0 Å². The molecule has 24 heavy (non-hydrogen) atoms. The van der Waals surface area contributed by atoms with Gasteiger partial charge in [0.15, 0.2) is 0 Å². The second-order valence-corrected chi connectivity index (χ2v) is 6.09. The van der Waals surface area contributed by atoms with Gasteiger partial charge in [-0.2, -0.15) is 5.10 Å². The van der Waals surface area contributed by atoms with E-state index in [0.717, 1.165) is 22.7 Å². The number of rotatable bonds is 6. The third-order valence-corrected chi connectivity index (χ3v) is 4.58. The van der Waals surface area contributed by atoms with Gasteiger partial charge in [0, 0.05) is 26.3 Å². The minimum atomic E-state index is -0.720. The molecule has 1 aliphatic heterocycles. The average Bonchev–Trinajstić information content (AvgIpc) is 2.91. The molecule has 0 aliphatic carbocycles. The van der Waals surface area contributed by atoms with E-state index < -0.39 is 6.04 Å². The van der Waals surface area contributed by atoms with Gasteiger partial charge in [-0.05, 0) is 25.8 Å². The van der Waals surface area contributed by atoms with Crippen LogP contribution in [0.5, 0.6) is 0 Å². The highest BCUT2D eigenvalue weighted by Gasteiger charge is 2.41. The summed E-state index contributed by atoms with van der Waals surface area (Å²) in [5, 5.41) is 7.27. The Morgan fingerprint density at radius 1 is 1.25 bits per heavy atom. The lowest BCUT2D eigenvalue weighted by molar-refractivity contribution is -0.131. The minimum absolute atomic E-state index is 0.0251. The van der Waals surface area contributed by atoms with E-state index in [2.05, 4.69) is 17.3 Å². The summed E-state index contributed by atoms with van der Waals surface area (Å²) in [6, 6.07) is -1.10. The van der Waals surface area contributed by atoms with Gasteiger partial charge in [-0.25, -0.2) is 4.79 Å². The van der Waals surface area contributed by atoms with Crippen LogP contribution >= 0.6 is 0 Å². The largest absolute Gasteiger partial charge is 0.354 e. The fourth-order valence-electron chi connectivity index (χ4n) is 3.09. The van der Waals surface area contributed by atoms with Gasteiger partial charge in [-0.15, -0.1) is 0 Å². The van der Waals surface area contributed by atoms with Crippen LogP contribution in [0, 0.1) is 13.8 Å². The molecule has 132 valence electrons. The number of aryl methyl sites for hydroxylation is 1. The second-order valence-electron chi connectivity index (χ2n) is 6.09. The molecule has 1 fully saturated rings. The molecule has 1 unspecified atom stereocenters. The third kappa shape index (κ3) is 3.27. The van der Waals surface area contributed by atoms with E-state index in [1.165, 1.54) is 24.6 Å². The summed E-state index contributed by atoms with van der Waals surface area (Å²) in [7, 11) is 2.96. The molecule has 2 rings (SSSR count). The van der Waals surface area contributed by atoms with Crippen LogP contribution in [0.15, 0.2) is 0 Å². The molecule has 0 spiro atoms. The first-order valence-electron chi connectivity index (χ1n) is 8.11. The van der Waals surface area contributed by atoms with Crippen LogP contribution in [-0.4, -0.2) is 64.1 Å². The molecule has 0 aromatic carbocycles. The first-order chi connectivity index (χ1) is 11.3. The van der Waals surface area contributed by atoms with Gasteiger partial charge in [0.25, 0.3) is 5.91 Å². The van der Waals surface area contributed by atoms with Crippen molar-refractivity contribution in [2.45, 2.75) is 46.2 Å². The van der Waals surface area contributed by atoms with Crippen LogP contribution in [0.1, 0.15) is 30.3 Å². The molecule has 8 heteroatoms. The van der Waals surface area contributed by atoms with Crippen molar-refractivity contribution in [3.05, 3.63) is 17.0 Å². The zero-order valence-corrected chi connectivity index (χ0v) is 14.9. The lowest BCUT2D eigenvalue weighted by Crippen LogP contribution is -2.38. The fraction of sp³-hybridized carbons (Fsp3) is 0.625. The number of carbonyl (C=O) groups is 3. The Hall–Kier alpha value is -2.38. The van der Waals surface area contributed by atoms with Crippen molar-refractivity contribution >= 4 is 17.8 Å². The standard InChI is InChI=1S/C16H25N5O3/c1-6-12-10(2)18-21(11(12)3)8-7-17-14(22)9-13-15(23)20(5)16(24)19(13)4/h13H,6-9H2,1-5H3,(H,17,22). The summed E-state index contributed by atoms with van der Waals surface area (Å²) in [6.07, 6.45) is 0.907. The smallest absolute Gasteiger partial charge is 0.326 e. The van der Waals surface area contributed by atoms with Gasteiger partial charge < -0.3 is 10.2 Å². The number of nitrogens with one attached hydrogen (secondary N) is 1. The highest BCUT2D eigenvalue weighted by atomic mass is 16.2. The van der Waals surface area contributed by atoms with Crippen molar-refractivity contribution in [3.63, 3.8) is 0 Å². The second kappa shape index (κ2) is 7.02. The average molecular weight is 335 g/mol. The summed E-state index contributed by atoms with van der Waals surface area (Å²) >= 11 is 0. The molecular weight excluding hydrogens is 310 g/mol. The molecule has 8 nitrogen and oxygen atoms in total. The van der Waals surface area contributed by atoms with Gasteiger partial charge in [0.1, 0.15) is 6.04 Å². The first kappa shape index (κ1) is 18.0. The predicted molar refractivity (Wildman–Crippen MR) is 88.4 cm³/mol. The summed E-state index contributed by atoms with van der Waals surface area (Å²) in [4.78, 5) is 38.0. The molecule has 0 radical (unpaired) electrons. The molecule has 1 N–H and O–H groups in total. The zero-order chi connectivity index (χ0) is 18.0. The van der Waals surface area contributed by atoms with Crippen LogP contribution in [0.25, 0.3) is 0 Å². The normalized spacial score (nSPS) is 17.8. The number of aromatic nitrogens is 2. The molecular formula is C16H25N5O3. The maximum Gasteiger partial charge on any atom is 0.326 e. The first-order valence-corrected chi connectivity index (χ1v) is 8.11. The topological polar surface area (TPSA) is 87.5 Å². The number of urea groups is 1. The molecule has 0 saturated carbocycles. The number of imide groups is 1. The number of hydrogen-bond donors (Lipinski definition) is 1. The molecule has 1 atom stereocenters. The van der Waals surface area contributed by atoms with Crippen LogP contribution in [0.4, 0.5) is 4.79 Å². The SMILES string of the molecule is CCc1c(C)nn(CCNC(=O)CC2C(=O)N(C)C(=O)N2C)c1C. The number of nitrogens with zero attached hydrogens (tertiary/aromatic N) is 4. The number of likely N-dealkylation sites (N-methyl/N-ethyl adjacent to an activating group) is 2. The number of carbonyl (C=O) groups excluding carboxylic acids is 3. The quantitative estimate of drug-likeness (QED) is 0.765. The molecule has 1 aromatic rings. The molecule has 2 heterocycles. The lowest BCUT2D eigenvalue weighted by Gasteiger charge is -2.15. The Morgan fingerprint density at radius 2 is 1.92 bits per heavy atom. The monoisotopic (exact) mass is 335 g/mol. The van der Waals surface area contributed by atoms with E-state index in [9.17, 15) is 14.4 Å². The van der Waals surface area contributed by atoms with Crippen molar-refractivity contribution in [2.75, 3.05) is 20.6 Å². The lowest BCUT2D eigenvalue weighted by atomic mass is 10.1. The van der Waals surface area contributed by atoms with Crippen LogP contribution in [-0.2, 0) is 22.6 Å². The van der Waals surface area contributed by atoms with Gasteiger partial charge >= 0.3 is 6.03 Å². The summed E-state index contributed by atoms with van der Waals surface area (Å²) < 4.78 is 1.89. The van der Waals surface area contributed by atoms with Crippen molar-refractivity contribution < 1.29 is 14.4 Å². The number of amides is 4. The number of hydrogen-bond acceptors (Lipinski definition) is 4. The Labute approximate surface area is 141 Å². The molecule has 1 aliphatic rings. The Morgan fingerprint density at radius 3 is 2.42 bits per heavy atom. The van der Waals surface area contributed by atoms with Crippen molar-refractivity contribution in [3.8, 4) is 0 Å². The Bertz CT molecular complexity index is 667. The summed E-state index contributed by atoms with van der Waals surface area (Å²) in [5.41, 5.74) is 3.37. The van der Waals surface area contributed by atoms with E-state index in [4.69, 9.17) is 0 Å². The molecule has 1 aromatic heterocycles. The summed E-state index contributed by atoms with van der Waals surface area (Å²) in [6.45, 7) is 7.10. The van der Waals surface area contributed by atoms with Crippen LogP contribution in [0.2, 0.25) is 0 Å². The van der Waals surface area contributed by atoms with Crippen molar-refractivity contribution in [2.24, 2.45) is 0 Å². The van der Waals surface area contributed by atoms with Gasteiger partial charge in [0.2, 0.25) is 5.91 Å². The van der Waals surface area contributed by atoms with E-state index in [-0.39, 0.29) is 24.3 Å². The molecule has 1 saturated heterocycles. The third-order valence-electron chi connectivity index (χ3n) is 4.58. The van der Waals surface area contributed by atoms with E-state index in [1.54, 1.807) is 0 Å². The van der Waals surface area contributed by atoms with E-state index in [1.807, 2.05) is 18.5 Å². The highest BCUT2D eigenvalue weighted by Crippen LogP contribution is 2.16. The zero-order valence-electron chi connectivity index (χ0n) is 14.9. The highest BCUT2D eigenvalue weighted by molar-refractivity contribution is 6.05. The van der Waals surface area contributed by atoms with Gasteiger partial charge in [0.05, 0.1) is 18.7 Å². The minimum Gasteiger partial charge on any atom is -0.354 e. The molecule has 0 bridgehead atoms. The van der Waals surface area contributed by atoms with E-state index in [0.29, 0.717) is 13.1 Å². The van der Waals surface area contributed by atoms with Crippen LogP contribution < -0.4 is 5.32 Å². The Kier molecular flexibility index (Phi) is 5.26. The van der Waals surface area contributed by atoms with Crippen molar-refractivity contribution in [1.82, 2.24) is 24.9 Å². The fourth-order valence-corrected chi connectivity index (χ4v) is 3.09. The van der Waals surface area contributed by atoms with Gasteiger partial charge in [-0.3, -0.25) is 19.2 Å². The van der Waals surface area contributed by atoms with E-state index >= 15 is 0 Å². The maximum absolute atomic E-state index is 12.1. The molecule has 4 amide bonds. The van der Waals surface area contributed by atoms with Crippen molar-refractivity contribution in [1.29, 1.82) is 0 Å².